The molecule has 0 aliphatic rings. The number of nitrogens with two attached hydrogens (primary N) is 1. The van der Waals surface area contributed by atoms with E-state index in [0.717, 1.165) is 0 Å². The maximum absolute atomic E-state index is 11.4. The van der Waals surface area contributed by atoms with Crippen LogP contribution < -0.4 is 11.1 Å². The van der Waals surface area contributed by atoms with Crippen molar-refractivity contribution in [2.75, 3.05) is 6.61 Å². The van der Waals surface area contributed by atoms with E-state index < -0.39 is 24.5 Å². The molecule has 94 valence electrons. The predicted octanol–water partition coefficient (Wildman–Crippen LogP) is -0.688. The molecule has 0 aromatic rings. The smallest absolute Gasteiger partial charge is 0.328 e. The Morgan fingerprint density at radius 3 is 2.19 bits per heavy atom. The molecule has 0 radical (unpaired) electrons. The lowest BCUT2D eigenvalue weighted by Gasteiger charge is -2.26. The van der Waals surface area contributed by atoms with Crippen LogP contribution in [0.5, 0.6) is 0 Å². The molecule has 0 aromatic heterocycles. The van der Waals surface area contributed by atoms with Gasteiger partial charge in [0, 0.05) is 12.5 Å². The molecule has 0 rings (SSSR count). The number of aliphatic carboxylic acids is 1. The number of carboxylic acids is 1. The van der Waals surface area contributed by atoms with Crippen molar-refractivity contribution < 1.29 is 19.8 Å². The van der Waals surface area contributed by atoms with Crippen molar-refractivity contribution in [2.24, 2.45) is 11.1 Å². The maximum Gasteiger partial charge on any atom is 0.328 e. The van der Waals surface area contributed by atoms with Gasteiger partial charge in [0.05, 0.1) is 6.61 Å². The summed E-state index contributed by atoms with van der Waals surface area (Å²) in [6.45, 7) is 5.05. The van der Waals surface area contributed by atoms with Gasteiger partial charge in [0.15, 0.2) is 0 Å². The first-order chi connectivity index (χ1) is 7.18. The molecule has 6 heteroatoms. The van der Waals surface area contributed by atoms with Gasteiger partial charge in [-0.3, -0.25) is 4.79 Å². The first-order valence-corrected chi connectivity index (χ1v) is 5.07. The van der Waals surface area contributed by atoms with Crippen LogP contribution in [0.2, 0.25) is 0 Å². The van der Waals surface area contributed by atoms with E-state index in [9.17, 15) is 9.59 Å². The summed E-state index contributed by atoms with van der Waals surface area (Å²) in [6, 6.07) is -1.62. The van der Waals surface area contributed by atoms with Gasteiger partial charge < -0.3 is 21.3 Å². The average molecular weight is 232 g/mol. The minimum atomic E-state index is -1.26. The lowest BCUT2D eigenvalue weighted by molar-refractivity contribution is -0.143. The fraction of sp³-hybridized carbons (Fsp3) is 0.800. The third-order valence-corrected chi connectivity index (χ3v) is 2.33. The third-order valence-electron chi connectivity index (χ3n) is 2.33. The summed E-state index contributed by atoms with van der Waals surface area (Å²) in [5, 5.41) is 19.5. The largest absolute Gasteiger partial charge is 0.480 e. The Hall–Kier alpha value is -1.14. The minimum Gasteiger partial charge on any atom is -0.480 e. The van der Waals surface area contributed by atoms with Gasteiger partial charge in [-0.1, -0.05) is 20.8 Å². The van der Waals surface area contributed by atoms with Crippen molar-refractivity contribution in [2.45, 2.75) is 39.3 Å². The molecule has 6 nitrogen and oxygen atoms in total. The summed E-state index contributed by atoms with van der Waals surface area (Å²) in [4.78, 5) is 22.0. The predicted molar refractivity (Wildman–Crippen MR) is 58.7 cm³/mol. The van der Waals surface area contributed by atoms with E-state index in [2.05, 4.69) is 5.32 Å². The van der Waals surface area contributed by atoms with Crippen molar-refractivity contribution in [3.8, 4) is 0 Å². The monoisotopic (exact) mass is 232 g/mol. The molecular weight excluding hydrogens is 212 g/mol. The fourth-order valence-electron chi connectivity index (χ4n) is 0.945. The van der Waals surface area contributed by atoms with Crippen molar-refractivity contribution in [3.63, 3.8) is 0 Å². The van der Waals surface area contributed by atoms with E-state index in [1.54, 1.807) is 0 Å². The van der Waals surface area contributed by atoms with E-state index in [4.69, 9.17) is 15.9 Å². The summed E-state index contributed by atoms with van der Waals surface area (Å²) in [7, 11) is 0. The maximum atomic E-state index is 11.4. The number of hydrogen-bond donors (Lipinski definition) is 4. The summed E-state index contributed by atoms with van der Waals surface area (Å²) < 4.78 is 0. The SMILES string of the molecule is CC(C)(C)C(N)CC(=O)N[C@@H](CO)C(=O)O. The van der Waals surface area contributed by atoms with E-state index in [0.29, 0.717) is 0 Å². The molecule has 1 unspecified atom stereocenters. The van der Waals surface area contributed by atoms with Gasteiger partial charge in [0.2, 0.25) is 5.91 Å². The summed E-state index contributed by atoms with van der Waals surface area (Å²) >= 11 is 0. The Kier molecular flexibility index (Phi) is 5.40. The molecule has 0 aliphatic carbocycles. The minimum absolute atomic E-state index is 0.0350. The number of rotatable bonds is 5. The summed E-state index contributed by atoms with van der Waals surface area (Å²) in [6.07, 6.45) is 0.0350. The number of aliphatic hydroxyl groups is 1. The number of carboxylic acid groups (broad SMARTS) is 1. The number of carbonyl (C=O) groups excluding carboxylic acids is 1. The number of amides is 1. The standard InChI is InChI=1S/C10H20N2O4/c1-10(2,3)7(11)4-8(14)12-6(5-13)9(15)16/h6-7,13H,4-5,11H2,1-3H3,(H,12,14)(H,15,16)/t6-,7?/m0/s1. The van der Waals surface area contributed by atoms with Gasteiger partial charge >= 0.3 is 5.97 Å². The summed E-state index contributed by atoms with van der Waals surface area (Å²) in [5.74, 6) is -1.73. The highest BCUT2D eigenvalue weighted by Gasteiger charge is 2.25. The van der Waals surface area contributed by atoms with Crippen LogP contribution >= 0.6 is 0 Å². The van der Waals surface area contributed by atoms with Crippen LogP contribution in [-0.4, -0.2) is 40.8 Å². The fourth-order valence-corrected chi connectivity index (χ4v) is 0.945. The quantitative estimate of drug-likeness (QED) is 0.501. The normalized spacial score (nSPS) is 15.3. The second-order valence-electron chi connectivity index (χ2n) is 4.82. The molecule has 2 atom stereocenters. The van der Waals surface area contributed by atoms with Gasteiger partial charge in [-0.15, -0.1) is 0 Å². The molecule has 0 aromatic carbocycles. The highest BCUT2D eigenvalue weighted by atomic mass is 16.4. The topological polar surface area (TPSA) is 113 Å². The second kappa shape index (κ2) is 5.81. The molecule has 0 bridgehead atoms. The number of hydrogen-bond acceptors (Lipinski definition) is 4. The van der Waals surface area contributed by atoms with Crippen LogP contribution in [0.1, 0.15) is 27.2 Å². The van der Waals surface area contributed by atoms with E-state index >= 15 is 0 Å². The first kappa shape index (κ1) is 14.9. The van der Waals surface area contributed by atoms with Crippen molar-refractivity contribution in [1.29, 1.82) is 0 Å². The Morgan fingerprint density at radius 1 is 1.38 bits per heavy atom. The number of carbonyl (C=O) groups is 2. The van der Waals surface area contributed by atoms with Crippen LogP contribution in [0.25, 0.3) is 0 Å². The van der Waals surface area contributed by atoms with E-state index in [-0.39, 0.29) is 17.9 Å². The van der Waals surface area contributed by atoms with Crippen molar-refractivity contribution in [3.05, 3.63) is 0 Å². The Morgan fingerprint density at radius 2 is 1.88 bits per heavy atom. The zero-order valence-corrected chi connectivity index (χ0v) is 9.86. The molecule has 0 spiro atoms. The van der Waals surface area contributed by atoms with E-state index in [1.807, 2.05) is 20.8 Å². The van der Waals surface area contributed by atoms with Gasteiger partial charge in [0.25, 0.3) is 0 Å². The molecule has 0 heterocycles. The highest BCUT2D eigenvalue weighted by Crippen LogP contribution is 2.19. The molecule has 5 N–H and O–H groups in total. The van der Waals surface area contributed by atoms with Gasteiger partial charge in [-0.25, -0.2) is 4.79 Å². The number of nitrogens with one attached hydrogen (secondary N) is 1. The van der Waals surface area contributed by atoms with E-state index in [1.165, 1.54) is 0 Å². The second-order valence-corrected chi connectivity index (χ2v) is 4.82. The molecule has 1 amide bonds. The molecule has 0 fully saturated rings. The van der Waals surface area contributed by atoms with Gasteiger partial charge in [-0.05, 0) is 5.41 Å². The van der Waals surface area contributed by atoms with Crippen LogP contribution in [0.3, 0.4) is 0 Å². The first-order valence-electron chi connectivity index (χ1n) is 5.07. The molecule has 0 aliphatic heterocycles. The Labute approximate surface area is 94.8 Å². The molecular formula is C10H20N2O4. The lowest BCUT2D eigenvalue weighted by atomic mass is 9.85. The number of aliphatic hydroxyl groups excluding tert-OH is 1. The zero-order valence-electron chi connectivity index (χ0n) is 9.86. The zero-order chi connectivity index (χ0) is 12.9. The molecule has 0 saturated carbocycles. The Balaban J connectivity index is 4.23. The van der Waals surface area contributed by atoms with Crippen molar-refractivity contribution in [1.82, 2.24) is 5.32 Å². The van der Waals surface area contributed by atoms with Gasteiger partial charge in [0.1, 0.15) is 6.04 Å². The van der Waals surface area contributed by atoms with Crippen LogP contribution in [0.15, 0.2) is 0 Å². The molecule has 16 heavy (non-hydrogen) atoms. The third kappa shape index (κ3) is 5.09. The van der Waals surface area contributed by atoms with Crippen LogP contribution in [-0.2, 0) is 9.59 Å². The molecule has 0 saturated heterocycles. The average Bonchev–Trinajstić information content (AvgIpc) is 2.11. The summed E-state index contributed by atoms with van der Waals surface area (Å²) in [5.41, 5.74) is 5.55. The van der Waals surface area contributed by atoms with Crippen LogP contribution in [0.4, 0.5) is 0 Å². The lowest BCUT2D eigenvalue weighted by Crippen LogP contribution is -2.47. The Bertz CT molecular complexity index is 260. The van der Waals surface area contributed by atoms with Gasteiger partial charge in [-0.2, -0.15) is 0 Å². The highest BCUT2D eigenvalue weighted by molar-refractivity contribution is 5.83. The van der Waals surface area contributed by atoms with Crippen LogP contribution in [0, 0.1) is 5.41 Å². The van der Waals surface area contributed by atoms with Crippen molar-refractivity contribution >= 4 is 11.9 Å².